The number of anilines is 1. The summed E-state index contributed by atoms with van der Waals surface area (Å²) in [6, 6.07) is 13.9. The molecule has 4 nitrogen and oxygen atoms in total. The maximum absolute atomic E-state index is 12.8. The van der Waals surface area contributed by atoms with Crippen LogP contribution in [0.5, 0.6) is 0 Å². The Morgan fingerprint density at radius 1 is 1.14 bits per heavy atom. The summed E-state index contributed by atoms with van der Waals surface area (Å²) in [6.07, 6.45) is 0. The van der Waals surface area contributed by atoms with Crippen LogP contribution < -0.4 is 11.3 Å². The predicted octanol–water partition coefficient (Wildman–Crippen LogP) is 3.34. The number of carbonyl (C=O) groups excluding carboxylic acids is 1. The monoisotopic (exact) mass is 356 g/mol. The molecule has 5 heteroatoms. The number of benzene rings is 2. The zero-order valence-corrected chi connectivity index (χ0v) is 13.4. The number of hydrogen-bond acceptors (Lipinski definition) is 3. The van der Waals surface area contributed by atoms with Gasteiger partial charge in [0, 0.05) is 21.3 Å². The van der Waals surface area contributed by atoms with Crippen molar-refractivity contribution in [3.63, 3.8) is 0 Å². The molecule has 0 aliphatic heterocycles. The predicted molar refractivity (Wildman–Crippen MR) is 91.2 cm³/mol. The first-order valence-corrected chi connectivity index (χ1v) is 7.49. The summed E-state index contributed by atoms with van der Waals surface area (Å²) in [5.41, 5.74) is 7.45. The van der Waals surface area contributed by atoms with Crippen molar-refractivity contribution < 1.29 is 4.79 Å². The average molecular weight is 357 g/mol. The van der Waals surface area contributed by atoms with Gasteiger partial charge in [0.1, 0.15) is 0 Å². The minimum Gasteiger partial charge on any atom is -0.399 e. The molecule has 0 bridgehead atoms. The van der Waals surface area contributed by atoms with E-state index in [2.05, 4.69) is 15.9 Å². The Kier molecular flexibility index (Phi) is 3.58. The lowest BCUT2D eigenvalue weighted by Crippen LogP contribution is -2.29. The minimum absolute atomic E-state index is 0.330. The van der Waals surface area contributed by atoms with Crippen molar-refractivity contribution in [1.82, 2.24) is 4.57 Å². The van der Waals surface area contributed by atoms with E-state index in [4.69, 9.17) is 5.73 Å². The lowest BCUT2D eigenvalue weighted by molar-refractivity contribution is 0.0961. The molecule has 0 aliphatic carbocycles. The molecule has 0 unspecified atom stereocenters. The van der Waals surface area contributed by atoms with E-state index in [1.165, 1.54) is 4.57 Å². The number of halogens is 1. The number of fused-ring (bicyclic) bond motifs is 1. The molecule has 0 amide bonds. The number of nitrogens with two attached hydrogens (primary N) is 1. The second kappa shape index (κ2) is 5.42. The van der Waals surface area contributed by atoms with Gasteiger partial charge >= 0.3 is 0 Å². The van der Waals surface area contributed by atoms with E-state index >= 15 is 0 Å². The summed E-state index contributed by atoms with van der Waals surface area (Å²) in [6.45, 7) is 1.70. The molecule has 0 atom stereocenters. The Labute approximate surface area is 135 Å². The van der Waals surface area contributed by atoms with Gasteiger partial charge in [-0.05, 0) is 48.7 Å². The van der Waals surface area contributed by atoms with Gasteiger partial charge in [0.05, 0.1) is 5.52 Å². The lowest BCUT2D eigenvalue weighted by atomic mass is 10.1. The largest absolute Gasteiger partial charge is 0.399 e. The van der Waals surface area contributed by atoms with Crippen LogP contribution in [0.25, 0.3) is 10.9 Å². The Morgan fingerprint density at radius 2 is 1.91 bits per heavy atom. The van der Waals surface area contributed by atoms with Crippen LogP contribution in [0.15, 0.2) is 57.8 Å². The standard InChI is InChI=1S/C17H13BrN2O2/c1-10-7-11-5-6-14(19)9-15(11)20(16(10)21)17(22)12-3-2-4-13(18)8-12/h2-9H,19H2,1H3. The van der Waals surface area contributed by atoms with Crippen LogP contribution in [-0.4, -0.2) is 10.5 Å². The van der Waals surface area contributed by atoms with Crippen LogP contribution in [-0.2, 0) is 0 Å². The van der Waals surface area contributed by atoms with Crippen molar-refractivity contribution in [3.8, 4) is 0 Å². The SMILES string of the molecule is Cc1cc2ccc(N)cc2n(C(=O)c2cccc(Br)c2)c1=O. The molecule has 1 aromatic heterocycles. The van der Waals surface area contributed by atoms with Crippen molar-refractivity contribution in [2.75, 3.05) is 5.73 Å². The maximum Gasteiger partial charge on any atom is 0.265 e. The third-order valence-corrected chi connectivity index (χ3v) is 3.98. The summed E-state index contributed by atoms with van der Waals surface area (Å²) in [5, 5.41) is 0.801. The Hall–Kier alpha value is -2.40. The number of aromatic nitrogens is 1. The first kappa shape index (κ1) is 14.5. The number of aryl methyl sites for hydroxylation is 1. The molecule has 110 valence electrons. The molecule has 0 saturated carbocycles. The molecule has 0 saturated heterocycles. The van der Waals surface area contributed by atoms with Crippen LogP contribution in [0.2, 0.25) is 0 Å². The fraction of sp³-hybridized carbons (Fsp3) is 0.0588. The molecule has 2 N–H and O–H groups in total. The van der Waals surface area contributed by atoms with Crippen molar-refractivity contribution in [2.45, 2.75) is 6.92 Å². The lowest BCUT2D eigenvalue weighted by Gasteiger charge is -2.11. The average Bonchev–Trinajstić information content (AvgIpc) is 2.49. The summed E-state index contributed by atoms with van der Waals surface area (Å²) in [7, 11) is 0. The highest BCUT2D eigenvalue weighted by molar-refractivity contribution is 9.10. The molecule has 0 fully saturated rings. The number of nitrogens with zero attached hydrogens (tertiary/aromatic N) is 1. The molecule has 0 spiro atoms. The second-order valence-corrected chi connectivity index (χ2v) is 6.02. The third kappa shape index (κ3) is 2.44. The molecule has 3 aromatic rings. The summed E-state index contributed by atoms with van der Waals surface area (Å²) >= 11 is 3.34. The van der Waals surface area contributed by atoms with Gasteiger partial charge in [-0.25, -0.2) is 4.57 Å². The molecular weight excluding hydrogens is 344 g/mol. The zero-order chi connectivity index (χ0) is 15.9. The number of carbonyl (C=O) groups is 1. The summed E-state index contributed by atoms with van der Waals surface area (Å²) in [5.74, 6) is -0.370. The maximum atomic E-state index is 12.8. The van der Waals surface area contributed by atoms with Crippen molar-refractivity contribution in [3.05, 3.63) is 74.5 Å². The smallest absolute Gasteiger partial charge is 0.265 e. The van der Waals surface area contributed by atoms with Crippen molar-refractivity contribution in [2.24, 2.45) is 0 Å². The Bertz CT molecular complexity index is 961. The Balaban J connectivity index is 2.34. The van der Waals surface area contributed by atoms with Gasteiger partial charge in [-0.2, -0.15) is 0 Å². The number of hydrogen-bond donors (Lipinski definition) is 1. The Morgan fingerprint density at radius 3 is 2.64 bits per heavy atom. The van der Waals surface area contributed by atoms with Gasteiger partial charge in [-0.3, -0.25) is 9.59 Å². The molecule has 1 heterocycles. The van der Waals surface area contributed by atoms with Gasteiger partial charge < -0.3 is 5.73 Å². The normalized spacial score (nSPS) is 10.8. The van der Waals surface area contributed by atoms with E-state index in [0.717, 1.165) is 9.86 Å². The van der Waals surface area contributed by atoms with E-state index in [0.29, 0.717) is 22.3 Å². The number of rotatable bonds is 1. The third-order valence-electron chi connectivity index (χ3n) is 3.48. The second-order valence-electron chi connectivity index (χ2n) is 5.10. The molecule has 0 radical (unpaired) electrons. The quantitative estimate of drug-likeness (QED) is 0.680. The van der Waals surface area contributed by atoms with Crippen LogP contribution >= 0.6 is 15.9 Å². The van der Waals surface area contributed by atoms with Crippen LogP contribution in [0.1, 0.15) is 15.9 Å². The van der Waals surface area contributed by atoms with E-state index in [1.54, 1.807) is 43.3 Å². The van der Waals surface area contributed by atoms with Gasteiger partial charge in [0.15, 0.2) is 0 Å². The zero-order valence-electron chi connectivity index (χ0n) is 11.8. The van der Waals surface area contributed by atoms with Crippen LogP contribution in [0, 0.1) is 6.92 Å². The fourth-order valence-corrected chi connectivity index (χ4v) is 2.81. The van der Waals surface area contributed by atoms with Crippen LogP contribution in [0.3, 0.4) is 0 Å². The first-order valence-electron chi connectivity index (χ1n) is 6.69. The molecule has 3 rings (SSSR count). The fourth-order valence-electron chi connectivity index (χ4n) is 2.41. The highest BCUT2D eigenvalue weighted by Gasteiger charge is 2.15. The summed E-state index contributed by atoms with van der Waals surface area (Å²) < 4.78 is 1.96. The molecule has 2 aromatic carbocycles. The molecule has 0 aliphatic rings. The number of pyridine rings is 1. The van der Waals surface area contributed by atoms with Crippen LogP contribution in [0.4, 0.5) is 5.69 Å². The molecular formula is C17H13BrN2O2. The van der Waals surface area contributed by atoms with E-state index in [-0.39, 0.29) is 11.5 Å². The van der Waals surface area contributed by atoms with E-state index < -0.39 is 0 Å². The minimum atomic E-state index is -0.370. The van der Waals surface area contributed by atoms with E-state index in [1.807, 2.05) is 12.1 Å². The number of nitrogen functional groups attached to an aromatic ring is 1. The van der Waals surface area contributed by atoms with Gasteiger partial charge in [0.2, 0.25) is 0 Å². The topological polar surface area (TPSA) is 65.1 Å². The van der Waals surface area contributed by atoms with Gasteiger partial charge in [-0.1, -0.05) is 28.1 Å². The summed E-state index contributed by atoms with van der Waals surface area (Å²) in [4.78, 5) is 25.3. The van der Waals surface area contributed by atoms with Gasteiger partial charge in [0.25, 0.3) is 11.5 Å². The van der Waals surface area contributed by atoms with Gasteiger partial charge in [-0.15, -0.1) is 0 Å². The van der Waals surface area contributed by atoms with E-state index in [9.17, 15) is 9.59 Å². The van der Waals surface area contributed by atoms with Crippen molar-refractivity contribution >= 4 is 38.4 Å². The van der Waals surface area contributed by atoms with Crippen molar-refractivity contribution in [1.29, 1.82) is 0 Å². The first-order chi connectivity index (χ1) is 10.5. The highest BCUT2D eigenvalue weighted by atomic mass is 79.9. The molecule has 22 heavy (non-hydrogen) atoms. The highest BCUT2D eigenvalue weighted by Crippen LogP contribution is 2.19.